The van der Waals surface area contributed by atoms with Gasteiger partial charge in [0.1, 0.15) is 0 Å². The average Bonchev–Trinajstić information content (AvgIpc) is 3.06. The molecule has 0 saturated heterocycles. The van der Waals surface area contributed by atoms with E-state index < -0.39 is 12.3 Å². The summed E-state index contributed by atoms with van der Waals surface area (Å²) >= 11 is 0. The summed E-state index contributed by atoms with van der Waals surface area (Å²) < 4.78 is 15.9. The van der Waals surface area contributed by atoms with Gasteiger partial charge in [0.15, 0.2) is 0 Å². The molecule has 4 nitrogen and oxygen atoms in total. The minimum atomic E-state index is -2.19. The van der Waals surface area contributed by atoms with Crippen molar-refractivity contribution in [1.82, 2.24) is 0 Å². The van der Waals surface area contributed by atoms with E-state index in [1.807, 2.05) is 6.92 Å². The number of aliphatic hydroxyl groups is 2. The van der Waals surface area contributed by atoms with Gasteiger partial charge in [-0.3, -0.25) is 4.79 Å². The van der Waals surface area contributed by atoms with Crippen LogP contribution in [0.4, 0.5) is 0 Å². The molecule has 4 rings (SSSR count). The van der Waals surface area contributed by atoms with Crippen molar-refractivity contribution in [1.29, 1.82) is 0 Å². The fourth-order valence-electron chi connectivity index (χ4n) is 9.32. The summed E-state index contributed by atoms with van der Waals surface area (Å²) in [6.07, 6.45) is 5.21. The molecule has 0 bridgehead atoms. The largest absolute Gasteiger partial charge is 0.481 e. The lowest BCUT2D eigenvalue weighted by Crippen LogP contribution is -2.62. The van der Waals surface area contributed by atoms with Crippen molar-refractivity contribution in [3.05, 3.63) is 0 Å². The molecule has 4 saturated carbocycles. The Balaban J connectivity index is 1.62. The van der Waals surface area contributed by atoms with Crippen molar-refractivity contribution in [2.75, 3.05) is 0 Å². The fraction of sp³-hybridized carbons (Fsp3) is 0.962. The molecule has 0 heterocycles. The Hall–Kier alpha value is -0.610. The minimum absolute atomic E-state index is 0.00326. The number of carboxylic acid groups (broad SMARTS) is 1. The predicted octanol–water partition coefficient (Wildman–Crippen LogP) is 5.11. The maximum atomic E-state index is 11.7. The molecule has 0 aromatic carbocycles. The third-order valence-corrected chi connectivity index (χ3v) is 10.7. The first-order chi connectivity index (χ1) is 14.9. The molecule has 4 heteroatoms. The highest BCUT2D eigenvalue weighted by atomic mass is 16.4. The Morgan fingerprint density at radius 2 is 1.73 bits per heavy atom. The molecule has 0 aliphatic heterocycles. The minimum Gasteiger partial charge on any atom is -0.481 e. The molecule has 11 atom stereocenters. The van der Waals surface area contributed by atoms with Crippen LogP contribution >= 0.6 is 0 Å². The van der Waals surface area contributed by atoms with Crippen molar-refractivity contribution < 1.29 is 22.9 Å². The van der Waals surface area contributed by atoms with E-state index in [0.717, 1.165) is 51.4 Å². The third-order valence-electron chi connectivity index (χ3n) is 10.7. The third kappa shape index (κ3) is 3.36. The van der Waals surface area contributed by atoms with Crippen LogP contribution in [-0.4, -0.2) is 33.5 Å². The van der Waals surface area contributed by atoms with Gasteiger partial charge < -0.3 is 15.3 Å². The number of hydrogen-bond acceptors (Lipinski definition) is 3. The summed E-state index contributed by atoms with van der Waals surface area (Å²) in [5.41, 5.74) is 0.210. The molecular weight excluding hydrogens is 376 g/mol. The molecule has 4 aliphatic rings. The van der Waals surface area contributed by atoms with Crippen molar-refractivity contribution in [2.24, 2.45) is 52.3 Å². The Labute approximate surface area is 185 Å². The second-order valence-corrected chi connectivity index (χ2v) is 11.8. The highest BCUT2D eigenvalue weighted by molar-refractivity contribution is 5.66. The van der Waals surface area contributed by atoms with Gasteiger partial charge in [-0.05, 0) is 104 Å². The van der Waals surface area contributed by atoms with Crippen LogP contribution in [0, 0.1) is 52.3 Å². The zero-order valence-electron chi connectivity index (χ0n) is 21.3. The molecule has 0 aromatic heterocycles. The zero-order valence-corrected chi connectivity index (χ0v) is 19.3. The quantitative estimate of drug-likeness (QED) is 0.575. The van der Waals surface area contributed by atoms with Gasteiger partial charge in [0.2, 0.25) is 0 Å². The summed E-state index contributed by atoms with van der Waals surface area (Å²) in [7, 11) is 0. The van der Waals surface area contributed by atoms with Crippen molar-refractivity contribution in [2.45, 2.75) is 104 Å². The SMILES string of the molecule is [2H]C([2H])(C[C@@H](C)[C@H]1CCC2C3C(CC[C@@]21C)[C@@]1(C)CC[C@@H](O)C[C@H]1[C@@H](CC)[C@H]3O)C(=O)O. The topological polar surface area (TPSA) is 77.8 Å². The van der Waals surface area contributed by atoms with E-state index in [9.17, 15) is 20.1 Å². The van der Waals surface area contributed by atoms with Crippen LogP contribution in [0.25, 0.3) is 0 Å². The summed E-state index contributed by atoms with van der Waals surface area (Å²) in [4.78, 5) is 11.4. The van der Waals surface area contributed by atoms with E-state index in [1.54, 1.807) is 0 Å². The van der Waals surface area contributed by atoms with Crippen LogP contribution in [0.15, 0.2) is 0 Å². The maximum absolute atomic E-state index is 11.7. The fourth-order valence-corrected chi connectivity index (χ4v) is 9.32. The van der Waals surface area contributed by atoms with E-state index in [4.69, 9.17) is 2.74 Å². The first-order valence-corrected chi connectivity index (χ1v) is 12.5. The average molecular weight is 423 g/mol. The summed E-state index contributed by atoms with van der Waals surface area (Å²) in [5, 5.41) is 31.5. The number of aliphatic hydroxyl groups excluding tert-OH is 2. The molecule has 3 N–H and O–H groups in total. The summed E-state index contributed by atoms with van der Waals surface area (Å²) in [6, 6.07) is 0. The Bertz CT molecular complexity index is 729. The lowest BCUT2D eigenvalue weighted by molar-refractivity contribution is -0.203. The number of hydrogen-bond donors (Lipinski definition) is 3. The van der Waals surface area contributed by atoms with Crippen LogP contribution < -0.4 is 0 Å². The van der Waals surface area contributed by atoms with Gasteiger partial charge in [0.05, 0.1) is 12.2 Å². The van der Waals surface area contributed by atoms with Crippen molar-refractivity contribution in [3.8, 4) is 0 Å². The molecule has 0 radical (unpaired) electrons. The standard InChI is InChI=1S/C26H44O4/c1-5-17-21-14-16(27)10-12-26(21,4)20-11-13-25(3)18(15(2)6-9-22(28)29)7-8-19(25)23(20)24(17)30/h15-21,23-24,27,30H,5-14H2,1-4H3,(H,28,29)/t15-,16-,17-,18-,19?,20?,21+,23?,24-,25-,26-/m1/s1/i9D2. The lowest BCUT2D eigenvalue weighted by atomic mass is 9.41. The van der Waals surface area contributed by atoms with Crippen LogP contribution in [0.5, 0.6) is 0 Å². The van der Waals surface area contributed by atoms with E-state index in [0.29, 0.717) is 23.7 Å². The molecule has 0 spiro atoms. The Morgan fingerprint density at radius 3 is 2.40 bits per heavy atom. The summed E-state index contributed by atoms with van der Waals surface area (Å²) in [5.74, 6) is 0.723. The van der Waals surface area contributed by atoms with Crippen molar-refractivity contribution >= 4 is 5.97 Å². The Kier molecular flexibility index (Phi) is 5.38. The monoisotopic (exact) mass is 422 g/mol. The van der Waals surface area contributed by atoms with E-state index in [1.165, 1.54) is 0 Å². The van der Waals surface area contributed by atoms with Gasteiger partial charge in [-0.2, -0.15) is 0 Å². The molecule has 3 unspecified atom stereocenters. The van der Waals surface area contributed by atoms with Gasteiger partial charge in [-0.25, -0.2) is 0 Å². The number of fused-ring (bicyclic) bond motifs is 5. The van der Waals surface area contributed by atoms with Gasteiger partial charge in [-0.15, -0.1) is 0 Å². The van der Waals surface area contributed by atoms with Crippen LogP contribution in [0.3, 0.4) is 0 Å². The molecule has 30 heavy (non-hydrogen) atoms. The van der Waals surface area contributed by atoms with Crippen LogP contribution in [0.1, 0.15) is 94.6 Å². The highest BCUT2D eigenvalue weighted by Crippen LogP contribution is 2.69. The molecule has 172 valence electrons. The van der Waals surface area contributed by atoms with Gasteiger partial charge in [0, 0.05) is 9.11 Å². The Morgan fingerprint density at radius 1 is 1.07 bits per heavy atom. The molecule has 4 fully saturated rings. The lowest BCUT2D eigenvalue weighted by Gasteiger charge is -2.64. The van der Waals surface area contributed by atoms with Crippen LogP contribution in [-0.2, 0) is 4.79 Å². The van der Waals surface area contributed by atoms with Gasteiger partial charge in [-0.1, -0.05) is 34.1 Å². The maximum Gasteiger partial charge on any atom is 0.303 e. The first kappa shape index (κ1) is 20.0. The van der Waals surface area contributed by atoms with E-state index >= 15 is 0 Å². The smallest absolute Gasteiger partial charge is 0.303 e. The number of carboxylic acids is 1. The molecule has 0 amide bonds. The van der Waals surface area contributed by atoms with E-state index in [-0.39, 0.29) is 47.2 Å². The number of aliphatic carboxylic acids is 1. The molecule has 0 aromatic rings. The van der Waals surface area contributed by atoms with E-state index in [2.05, 4.69) is 20.8 Å². The zero-order chi connectivity index (χ0) is 23.6. The van der Waals surface area contributed by atoms with Crippen LogP contribution in [0.2, 0.25) is 0 Å². The molecule has 4 aliphatic carbocycles. The molecular formula is C26H44O4. The predicted molar refractivity (Wildman–Crippen MR) is 118 cm³/mol. The summed E-state index contributed by atoms with van der Waals surface area (Å²) in [6.45, 7) is 9.02. The van der Waals surface area contributed by atoms with Gasteiger partial charge in [0.25, 0.3) is 0 Å². The second-order valence-electron chi connectivity index (χ2n) is 11.8. The highest BCUT2D eigenvalue weighted by Gasteiger charge is 2.64. The number of rotatable bonds is 5. The van der Waals surface area contributed by atoms with Gasteiger partial charge >= 0.3 is 5.97 Å². The first-order valence-electron chi connectivity index (χ1n) is 13.5. The normalized spacial score (nSPS) is 53.0. The number of carbonyl (C=O) groups is 1. The second kappa shape index (κ2) is 8.06. The van der Waals surface area contributed by atoms with Crippen molar-refractivity contribution in [3.63, 3.8) is 0 Å².